The summed E-state index contributed by atoms with van der Waals surface area (Å²) in [6, 6.07) is 0. The number of rotatable bonds is 7. The number of hydrogen-bond donors (Lipinski definition) is 0. The van der Waals surface area contributed by atoms with Gasteiger partial charge in [-0.2, -0.15) is 0 Å². The third kappa shape index (κ3) is 3.99. The molecule has 0 N–H and O–H groups in total. The van der Waals surface area contributed by atoms with Crippen LogP contribution in [0.25, 0.3) is 0 Å². The largest absolute Gasteiger partial charge is 0.459 e. The van der Waals surface area contributed by atoms with E-state index in [0.29, 0.717) is 11.1 Å². The van der Waals surface area contributed by atoms with Gasteiger partial charge in [0.1, 0.15) is 5.60 Å². The van der Waals surface area contributed by atoms with Crippen molar-refractivity contribution in [3.8, 4) is 0 Å². The highest BCUT2D eigenvalue weighted by Crippen LogP contribution is 2.77. The predicted molar refractivity (Wildman–Crippen MR) is 119 cm³/mol. The fourth-order valence-electron chi connectivity index (χ4n) is 8.16. The van der Waals surface area contributed by atoms with Crippen LogP contribution >= 0.6 is 0 Å². The molecule has 4 bridgehead atoms. The molecule has 0 amide bonds. The monoisotopic (exact) mass is 416 g/mol. The second-order valence-electron chi connectivity index (χ2n) is 12.3. The normalized spacial score (nSPS) is 38.1. The lowest BCUT2D eigenvalue weighted by Crippen LogP contribution is -2.66. The summed E-state index contributed by atoms with van der Waals surface area (Å²) in [7, 11) is 0. The Morgan fingerprint density at radius 2 is 1.40 bits per heavy atom. The highest BCUT2D eigenvalue weighted by Gasteiger charge is 2.69. The fourth-order valence-corrected chi connectivity index (χ4v) is 8.16. The van der Waals surface area contributed by atoms with E-state index in [1.54, 1.807) is 13.8 Å². The summed E-state index contributed by atoms with van der Waals surface area (Å²) in [5.74, 6) is -0.612. The van der Waals surface area contributed by atoms with Crippen LogP contribution in [0, 0.1) is 21.7 Å². The summed E-state index contributed by atoms with van der Waals surface area (Å²) in [5.41, 5.74) is 0.767. The van der Waals surface area contributed by atoms with E-state index in [1.807, 2.05) is 6.92 Å². The van der Waals surface area contributed by atoms with Gasteiger partial charge < -0.3 is 9.47 Å². The first kappa shape index (κ1) is 23.1. The standard InChI is InChI=1S/C26H40O4/c1-17(2)20(27)29-19(5)10-25-12-23(8)11-24(9,13-25)15-26(14-23,16-25)22(6,7)30-21(28)18(3)4/h19H,1,3,10-16H2,2,4-9H3. The second-order valence-corrected chi connectivity index (χ2v) is 12.3. The molecule has 4 aliphatic rings. The molecule has 4 aliphatic carbocycles. The quantitative estimate of drug-likeness (QED) is 0.369. The summed E-state index contributed by atoms with van der Waals surface area (Å²) in [6.45, 7) is 21.9. The third-order valence-electron chi connectivity index (χ3n) is 8.05. The molecule has 4 heteroatoms. The smallest absolute Gasteiger partial charge is 0.333 e. The van der Waals surface area contributed by atoms with Crippen LogP contribution in [0.1, 0.15) is 93.4 Å². The number of hydrogen-bond acceptors (Lipinski definition) is 4. The Labute approximate surface area is 182 Å². The maximum absolute atomic E-state index is 12.5. The van der Waals surface area contributed by atoms with E-state index in [0.717, 1.165) is 38.5 Å². The topological polar surface area (TPSA) is 52.6 Å². The van der Waals surface area contributed by atoms with Gasteiger partial charge in [0.15, 0.2) is 0 Å². The highest BCUT2D eigenvalue weighted by atomic mass is 16.6. The maximum atomic E-state index is 12.5. The van der Waals surface area contributed by atoms with Crippen molar-refractivity contribution in [2.75, 3.05) is 0 Å². The van der Waals surface area contributed by atoms with Crippen molar-refractivity contribution in [1.82, 2.24) is 0 Å². The molecule has 3 atom stereocenters. The van der Waals surface area contributed by atoms with E-state index < -0.39 is 5.60 Å². The van der Waals surface area contributed by atoms with E-state index in [4.69, 9.17) is 9.47 Å². The number of carbonyl (C=O) groups is 2. The lowest BCUT2D eigenvalue weighted by Gasteiger charge is -2.72. The Hall–Kier alpha value is -1.58. The molecule has 4 nitrogen and oxygen atoms in total. The molecule has 4 rings (SSSR count). The van der Waals surface area contributed by atoms with Crippen molar-refractivity contribution < 1.29 is 19.1 Å². The van der Waals surface area contributed by atoms with E-state index in [9.17, 15) is 9.59 Å². The van der Waals surface area contributed by atoms with Gasteiger partial charge in [-0.15, -0.1) is 0 Å². The van der Waals surface area contributed by atoms with Crippen molar-refractivity contribution in [3.05, 3.63) is 24.3 Å². The van der Waals surface area contributed by atoms with Crippen molar-refractivity contribution >= 4 is 11.9 Å². The van der Waals surface area contributed by atoms with Crippen molar-refractivity contribution in [2.45, 2.75) is 105 Å². The minimum Gasteiger partial charge on any atom is -0.459 e. The summed E-state index contributed by atoms with van der Waals surface area (Å²) >= 11 is 0. The molecular weight excluding hydrogens is 376 g/mol. The molecule has 0 aromatic heterocycles. The third-order valence-corrected chi connectivity index (χ3v) is 8.05. The Balaban J connectivity index is 1.92. The average molecular weight is 417 g/mol. The minimum atomic E-state index is -0.574. The van der Waals surface area contributed by atoms with Crippen molar-refractivity contribution in [1.29, 1.82) is 0 Å². The number of esters is 2. The predicted octanol–water partition coefficient (Wildman–Crippen LogP) is 6.15. The van der Waals surface area contributed by atoms with E-state index in [-0.39, 0.29) is 39.7 Å². The van der Waals surface area contributed by atoms with Gasteiger partial charge in [-0.25, -0.2) is 9.59 Å². The maximum Gasteiger partial charge on any atom is 0.333 e. The van der Waals surface area contributed by atoms with Crippen LogP contribution in [0.3, 0.4) is 0 Å². The molecule has 0 spiro atoms. The first-order chi connectivity index (χ1) is 13.5. The lowest BCUT2D eigenvalue weighted by atomic mass is 9.33. The van der Waals surface area contributed by atoms with Crippen LogP contribution < -0.4 is 0 Å². The molecular formula is C26H40O4. The van der Waals surface area contributed by atoms with Crippen molar-refractivity contribution in [3.63, 3.8) is 0 Å². The Kier molecular flexibility index (Phi) is 5.36. The van der Waals surface area contributed by atoms with Crippen LogP contribution in [0.5, 0.6) is 0 Å². The molecule has 30 heavy (non-hydrogen) atoms. The van der Waals surface area contributed by atoms with Crippen LogP contribution in [-0.2, 0) is 19.1 Å². The van der Waals surface area contributed by atoms with Gasteiger partial charge in [0.05, 0.1) is 6.10 Å². The zero-order valence-corrected chi connectivity index (χ0v) is 20.1. The first-order valence-electron chi connectivity index (χ1n) is 11.3. The Morgan fingerprint density at radius 3 is 1.87 bits per heavy atom. The molecule has 0 radical (unpaired) electrons. The summed E-state index contributed by atoms with van der Waals surface area (Å²) < 4.78 is 11.8. The van der Waals surface area contributed by atoms with Gasteiger partial charge >= 0.3 is 11.9 Å². The van der Waals surface area contributed by atoms with Crippen LogP contribution in [0.15, 0.2) is 24.3 Å². The molecule has 4 fully saturated rings. The van der Waals surface area contributed by atoms with Gasteiger partial charge in [0.2, 0.25) is 0 Å². The highest BCUT2D eigenvalue weighted by molar-refractivity contribution is 5.87. The minimum absolute atomic E-state index is 0.0750. The van der Waals surface area contributed by atoms with Crippen LogP contribution in [0.4, 0.5) is 0 Å². The molecule has 0 aromatic carbocycles. The average Bonchev–Trinajstić information content (AvgIpc) is 2.49. The lowest BCUT2D eigenvalue weighted by molar-refractivity contribution is -0.256. The first-order valence-corrected chi connectivity index (χ1v) is 11.3. The van der Waals surface area contributed by atoms with Gasteiger partial charge in [0, 0.05) is 16.6 Å². The molecule has 0 aliphatic heterocycles. The summed E-state index contributed by atoms with van der Waals surface area (Å²) in [4.78, 5) is 24.6. The van der Waals surface area contributed by atoms with E-state index in [2.05, 4.69) is 40.9 Å². The fraction of sp³-hybridized carbons (Fsp3) is 0.769. The Bertz CT molecular complexity index is 771. The van der Waals surface area contributed by atoms with Gasteiger partial charge in [-0.05, 0) is 95.8 Å². The molecule has 0 heterocycles. The molecule has 0 saturated heterocycles. The molecule has 0 aromatic rings. The Morgan fingerprint density at radius 1 is 0.900 bits per heavy atom. The summed E-state index contributed by atoms with van der Waals surface area (Å²) in [6.07, 6.45) is 7.37. The van der Waals surface area contributed by atoms with Crippen LogP contribution in [-0.4, -0.2) is 23.6 Å². The molecule has 4 saturated carbocycles. The molecule has 3 unspecified atom stereocenters. The van der Waals surface area contributed by atoms with Gasteiger partial charge in [-0.3, -0.25) is 0 Å². The van der Waals surface area contributed by atoms with Crippen LogP contribution in [0.2, 0.25) is 0 Å². The second kappa shape index (κ2) is 6.97. The van der Waals surface area contributed by atoms with E-state index in [1.165, 1.54) is 6.42 Å². The molecule has 168 valence electrons. The zero-order valence-electron chi connectivity index (χ0n) is 20.1. The summed E-state index contributed by atoms with van der Waals surface area (Å²) in [5, 5.41) is 0. The number of ether oxygens (including phenoxy) is 2. The number of carbonyl (C=O) groups excluding carboxylic acids is 2. The van der Waals surface area contributed by atoms with Gasteiger partial charge in [-0.1, -0.05) is 27.0 Å². The van der Waals surface area contributed by atoms with Crippen molar-refractivity contribution in [2.24, 2.45) is 21.7 Å². The van der Waals surface area contributed by atoms with Gasteiger partial charge in [0.25, 0.3) is 0 Å². The zero-order chi connectivity index (χ0) is 22.8. The van der Waals surface area contributed by atoms with E-state index >= 15 is 0 Å². The SMILES string of the molecule is C=C(C)C(=O)OC(C)CC12CC3(C)CC(C)(C1)CC(C(C)(C)OC(=O)C(=C)C)(C3)C2.